The molecule has 0 aliphatic heterocycles. The Morgan fingerprint density at radius 1 is 0.354 bits per heavy atom. The third-order valence-electron chi connectivity index (χ3n) is 9.68. The zero-order chi connectivity index (χ0) is 31.6. The maximum atomic E-state index is 6.76. The predicted molar refractivity (Wildman–Crippen MR) is 206 cm³/mol. The summed E-state index contributed by atoms with van der Waals surface area (Å²) in [5.41, 5.74) is 9.38. The van der Waals surface area contributed by atoms with E-state index >= 15 is 0 Å². The Hall–Kier alpha value is -5.96. The quantitative estimate of drug-likeness (QED) is 0.177. The molecule has 0 radical (unpaired) electrons. The number of hydrogen-bond acceptors (Lipinski definition) is 2. The minimum absolute atomic E-state index is 0.910. The van der Waals surface area contributed by atoms with Gasteiger partial charge in [-0.05, 0) is 55.9 Å². The molecule has 0 bridgehead atoms. The summed E-state index contributed by atoms with van der Waals surface area (Å²) in [6, 6.07) is 61.1. The molecule has 0 unspecified atom stereocenters. The summed E-state index contributed by atoms with van der Waals surface area (Å²) >= 11 is 1.88. The average Bonchev–Trinajstić information content (AvgIpc) is 3.74. The molecule has 0 spiro atoms. The van der Waals surface area contributed by atoms with E-state index in [1.165, 1.54) is 69.4 Å². The van der Waals surface area contributed by atoms with Crippen molar-refractivity contribution in [1.82, 2.24) is 0 Å². The molecule has 10 rings (SSSR count). The van der Waals surface area contributed by atoms with Crippen molar-refractivity contribution in [2.45, 2.75) is 0 Å². The lowest BCUT2D eigenvalue weighted by Crippen LogP contribution is -1.90. The fraction of sp³-hybridized carbons (Fsp3) is 0. The van der Waals surface area contributed by atoms with Crippen LogP contribution in [0.15, 0.2) is 174 Å². The monoisotopic (exact) mass is 628 g/mol. The standard InChI is InChI=1S/C46H28OS/c1-4-15-29(16-5-1)40-32-21-10-12-23-34(32)42(35-24-13-11-22-33(35)40)36-25-14-26-37-43-39(48-46(36)37)28-27-38-44(43)41(30-17-6-2-7-18-30)45(47-38)31-19-8-3-9-20-31/h1-28H. The van der Waals surface area contributed by atoms with Crippen LogP contribution in [0.5, 0.6) is 0 Å². The Balaban J connectivity index is 1.33. The van der Waals surface area contributed by atoms with Crippen LogP contribution in [0.4, 0.5) is 0 Å². The molecule has 8 aromatic carbocycles. The predicted octanol–water partition coefficient (Wildman–Crippen LogP) is 13.8. The van der Waals surface area contributed by atoms with E-state index in [9.17, 15) is 0 Å². The van der Waals surface area contributed by atoms with E-state index in [0.717, 1.165) is 28.0 Å². The molecule has 2 heteroatoms. The molecule has 0 fully saturated rings. The minimum atomic E-state index is 0.910. The molecule has 10 aromatic rings. The van der Waals surface area contributed by atoms with Crippen molar-refractivity contribution < 1.29 is 4.42 Å². The van der Waals surface area contributed by atoms with Crippen LogP contribution >= 0.6 is 11.3 Å². The number of furan rings is 1. The first kappa shape index (κ1) is 27.2. The Morgan fingerprint density at radius 2 is 0.854 bits per heavy atom. The van der Waals surface area contributed by atoms with E-state index in [-0.39, 0.29) is 0 Å². The number of thiophene rings is 1. The van der Waals surface area contributed by atoms with E-state index in [2.05, 4.69) is 170 Å². The summed E-state index contributed by atoms with van der Waals surface area (Å²) in [4.78, 5) is 0. The van der Waals surface area contributed by atoms with Gasteiger partial charge >= 0.3 is 0 Å². The molecule has 0 amide bonds. The molecule has 0 atom stereocenters. The maximum absolute atomic E-state index is 6.76. The molecule has 0 saturated heterocycles. The van der Waals surface area contributed by atoms with Crippen molar-refractivity contribution >= 4 is 64.0 Å². The van der Waals surface area contributed by atoms with Crippen molar-refractivity contribution in [2.75, 3.05) is 0 Å². The lowest BCUT2D eigenvalue weighted by atomic mass is 9.85. The van der Waals surface area contributed by atoms with Gasteiger partial charge in [-0.25, -0.2) is 0 Å². The van der Waals surface area contributed by atoms with Crippen LogP contribution < -0.4 is 0 Å². The van der Waals surface area contributed by atoms with Crippen LogP contribution in [0.1, 0.15) is 0 Å². The van der Waals surface area contributed by atoms with Crippen molar-refractivity contribution in [2.24, 2.45) is 0 Å². The van der Waals surface area contributed by atoms with Gasteiger partial charge in [0.1, 0.15) is 11.3 Å². The molecule has 2 aromatic heterocycles. The molecule has 2 heterocycles. The molecular formula is C46H28OS. The van der Waals surface area contributed by atoms with Gasteiger partial charge < -0.3 is 4.42 Å². The van der Waals surface area contributed by atoms with E-state index in [1.54, 1.807) is 0 Å². The summed E-state index contributed by atoms with van der Waals surface area (Å²) in [6.45, 7) is 0. The Kier molecular flexibility index (Phi) is 6.12. The molecule has 0 N–H and O–H groups in total. The van der Waals surface area contributed by atoms with Gasteiger partial charge in [-0.2, -0.15) is 0 Å². The van der Waals surface area contributed by atoms with Gasteiger partial charge in [0, 0.05) is 42.2 Å². The Morgan fingerprint density at radius 3 is 1.46 bits per heavy atom. The lowest BCUT2D eigenvalue weighted by molar-refractivity contribution is 0.632. The first-order valence-electron chi connectivity index (χ1n) is 16.4. The van der Waals surface area contributed by atoms with E-state index in [4.69, 9.17) is 4.42 Å². The molecule has 1 nitrogen and oxygen atoms in total. The van der Waals surface area contributed by atoms with Crippen LogP contribution in [0, 0.1) is 0 Å². The third-order valence-corrected chi connectivity index (χ3v) is 10.9. The average molecular weight is 629 g/mol. The van der Waals surface area contributed by atoms with E-state index in [1.807, 2.05) is 11.3 Å². The molecule has 0 aliphatic rings. The molecule has 0 aliphatic carbocycles. The first-order chi connectivity index (χ1) is 23.8. The second-order valence-electron chi connectivity index (χ2n) is 12.3. The smallest absolute Gasteiger partial charge is 0.143 e. The van der Waals surface area contributed by atoms with Crippen LogP contribution in [0.3, 0.4) is 0 Å². The highest BCUT2D eigenvalue weighted by molar-refractivity contribution is 7.26. The van der Waals surface area contributed by atoms with Gasteiger partial charge in [0.2, 0.25) is 0 Å². The maximum Gasteiger partial charge on any atom is 0.143 e. The summed E-state index contributed by atoms with van der Waals surface area (Å²) in [7, 11) is 0. The van der Waals surface area contributed by atoms with E-state index < -0.39 is 0 Å². The van der Waals surface area contributed by atoms with Crippen LogP contribution in [0.25, 0.3) is 97.4 Å². The molecule has 48 heavy (non-hydrogen) atoms. The zero-order valence-corrected chi connectivity index (χ0v) is 26.8. The highest BCUT2D eigenvalue weighted by Gasteiger charge is 2.24. The largest absolute Gasteiger partial charge is 0.455 e. The van der Waals surface area contributed by atoms with Gasteiger partial charge in [0.15, 0.2) is 0 Å². The third kappa shape index (κ3) is 4.03. The van der Waals surface area contributed by atoms with Crippen molar-refractivity contribution in [1.29, 1.82) is 0 Å². The Bertz CT molecular complexity index is 2750. The summed E-state index contributed by atoms with van der Waals surface area (Å²) in [6.07, 6.45) is 0. The van der Waals surface area contributed by atoms with Gasteiger partial charge in [-0.15, -0.1) is 11.3 Å². The molecule has 0 saturated carbocycles. The fourth-order valence-electron chi connectivity index (χ4n) is 7.68. The van der Waals surface area contributed by atoms with Crippen molar-refractivity contribution in [3.05, 3.63) is 170 Å². The highest BCUT2D eigenvalue weighted by Crippen LogP contribution is 2.51. The van der Waals surface area contributed by atoms with E-state index in [0.29, 0.717) is 0 Å². The number of benzene rings is 8. The number of hydrogen-bond donors (Lipinski definition) is 0. The van der Waals surface area contributed by atoms with Gasteiger partial charge in [0.05, 0.1) is 0 Å². The summed E-state index contributed by atoms with van der Waals surface area (Å²) in [5.74, 6) is 0.910. The molecular weight excluding hydrogens is 601 g/mol. The summed E-state index contributed by atoms with van der Waals surface area (Å²) < 4.78 is 9.31. The van der Waals surface area contributed by atoms with Gasteiger partial charge in [-0.1, -0.05) is 158 Å². The fourth-order valence-corrected chi connectivity index (χ4v) is 8.91. The van der Waals surface area contributed by atoms with Crippen LogP contribution in [-0.4, -0.2) is 0 Å². The second kappa shape index (κ2) is 10.8. The minimum Gasteiger partial charge on any atom is -0.455 e. The first-order valence-corrected chi connectivity index (χ1v) is 17.2. The number of rotatable bonds is 4. The van der Waals surface area contributed by atoms with Crippen LogP contribution in [0.2, 0.25) is 0 Å². The van der Waals surface area contributed by atoms with Crippen LogP contribution in [-0.2, 0) is 0 Å². The topological polar surface area (TPSA) is 13.1 Å². The van der Waals surface area contributed by atoms with Crippen molar-refractivity contribution in [3.63, 3.8) is 0 Å². The van der Waals surface area contributed by atoms with Crippen molar-refractivity contribution in [3.8, 4) is 44.7 Å². The summed E-state index contributed by atoms with van der Waals surface area (Å²) in [5, 5.41) is 8.77. The second-order valence-corrected chi connectivity index (χ2v) is 13.4. The number of fused-ring (bicyclic) bond motifs is 7. The normalized spacial score (nSPS) is 11.8. The molecule has 224 valence electrons. The Labute approximate surface area is 282 Å². The zero-order valence-electron chi connectivity index (χ0n) is 26.0. The SMILES string of the molecule is c1ccc(-c2oc3ccc4sc5c(-c6c7ccccc7c(-c7ccccc7)c7ccccc67)cccc5c4c3c2-c2ccccc2)cc1. The van der Waals surface area contributed by atoms with Gasteiger partial charge in [0.25, 0.3) is 0 Å². The van der Waals surface area contributed by atoms with Gasteiger partial charge in [-0.3, -0.25) is 0 Å². The lowest BCUT2D eigenvalue weighted by Gasteiger charge is -2.18. The highest BCUT2D eigenvalue weighted by atomic mass is 32.1.